The fraction of sp³-hybridized carbons (Fsp3) is 0.0236. The minimum absolute atomic E-state index is 0.381. The molecule has 6 aliphatic rings. The van der Waals surface area contributed by atoms with Gasteiger partial charge in [0, 0.05) is 95.4 Å². The molecule has 3 aliphatic carbocycles. The number of benzene rings is 21. The summed E-state index contributed by atoms with van der Waals surface area (Å²) in [5.41, 5.74) is 37.0. The molecule has 0 unspecified atom stereocenters. The van der Waals surface area contributed by atoms with Crippen molar-refractivity contribution in [2.75, 3.05) is 16.0 Å². The molecule has 24 aromatic rings. The Morgan fingerprint density at radius 1 is 0.206 bits per heavy atom. The Hall–Kier alpha value is -16.4. The first kappa shape index (κ1) is 78.3. The molecule has 6 nitrogen and oxygen atoms in total. The molecule has 3 N–H and O–H groups in total. The highest BCUT2D eigenvalue weighted by molar-refractivity contribution is 7.99. The van der Waals surface area contributed by atoms with Crippen molar-refractivity contribution in [3.63, 3.8) is 0 Å². The molecule has 21 aromatic carbocycles. The topological polar surface area (TPSA) is 71.6 Å². The van der Waals surface area contributed by atoms with E-state index in [1.807, 2.05) is 65.2 Å². The van der Waals surface area contributed by atoms with Crippen molar-refractivity contribution >= 4 is 144 Å². The zero-order chi connectivity index (χ0) is 89.3. The Labute approximate surface area is 797 Å². The Balaban J connectivity index is 0.000000101. The van der Waals surface area contributed by atoms with Crippen LogP contribution in [0.3, 0.4) is 0 Å². The Bertz CT molecular complexity index is 9010. The molecule has 30 rings (SSSR count). The maximum atomic E-state index is 6.61. The second kappa shape index (κ2) is 30.8. The van der Waals surface area contributed by atoms with Crippen LogP contribution in [-0.2, 0) is 16.2 Å². The molecular weight excluding hydrogens is 1710 g/mol. The van der Waals surface area contributed by atoms with Crippen LogP contribution < -0.4 is 20.7 Å². The third kappa shape index (κ3) is 11.6. The van der Waals surface area contributed by atoms with Gasteiger partial charge in [0.1, 0.15) is 33.8 Å². The minimum Gasteiger partial charge on any atom is -0.457 e. The van der Waals surface area contributed by atoms with Gasteiger partial charge in [-0.2, -0.15) is 0 Å². The van der Waals surface area contributed by atoms with Gasteiger partial charge in [-0.05, 0) is 245 Å². The van der Waals surface area contributed by atoms with E-state index in [0.717, 1.165) is 106 Å². The van der Waals surface area contributed by atoms with Gasteiger partial charge in [0.25, 0.3) is 0 Å². The van der Waals surface area contributed by atoms with Crippen LogP contribution in [-0.4, -0.2) is 0 Å². The number of ether oxygens (including phenoxy) is 1. The number of thiophene rings is 1. The monoisotopic (exact) mass is 1790 g/mol. The van der Waals surface area contributed by atoms with Crippen LogP contribution in [0.25, 0.3) is 130 Å². The lowest BCUT2D eigenvalue weighted by molar-refractivity contribution is 0.436. The lowest BCUT2D eigenvalue weighted by Crippen LogP contribution is -2.32. The predicted octanol–water partition coefficient (Wildman–Crippen LogP) is 35.1. The SMILES string of the molecule is c1cc(Nc2cccc3oc4ccccc4c23)cc(-c2ccc3c(c2)C2(c4ccccc4S3)c3ccccc3-c3ccccc32)c1.c1ccc(-c2ccc3c(c2)C2(c4ccccc4S3)c3ccccc3-c3ccccc32)c(Nc2cccc3sc4ccccc4c23)c1.c1ccc2c(c1)Oc1ccc(Nc3cccc4oc5c6ccccc6ccc5c34)cc1C21c2ccccc2-c2ccccc21. The summed E-state index contributed by atoms with van der Waals surface area (Å²) in [6.45, 7) is 0. The lowest BCUT2D eigenvalue weighted by atomic mass is 9.66. The van der Waals surface area contributed by atoms with E-state index in [4.69, 9.17) is 13.6 Å². The van der Waals surface area contributed by atoms with Crippen LogP contribution in [0, 0.1) is 0 Å². The van der Waals surface area contributed by atoms with E-state index < -0.39 is 5.41 Å². The number of nitrogens with one attached hydrogen (secondary N) is 3. The van der Waals surface area contributed by atoms with E-state index in [1.54, 1.807) is 0 Å². The summed E-state index contributed by atoms with van der Waals surface area (Å²) in [7, 11) is 0. The van der Waals surface area contributed by atoms with Crippen molar-refractivity contribution in [3.05, 3.63) is 528 Å². The van der Waals surface area contributed by atoms with Crippen LogP contribution in [0.2, 0.25) is 0 Å². The summed E-state index contributed by atoms with van der Waals surface area (Å²) in [6, 6.07) is 167. The molecule has 0 amide bonds. The molecule has 9 heteroatoms. The minimum atomic E-state index is -0.498. The lowest BCUT2D eigenvalue weighted by Gasteiger charge is -2.40. The summed E-state index contributed by atoms with van der Waals surface area (Å²) < 4.78 is 21.9. The second-order valence-corrected chi connectivity index (χ2v) is 39.2. The first-order valence-electron chi connectivity index (χ1n) is 46.4. The third-order valence-electron chi connectivity index (χ3n) is 29.0. The second-order valence-electron chi connectivity index (χ2n) is 36.0. The molecule has 136 heavy (non-hydrogen) atoms. The third-order valence-corrected chi connectivity index (χ3v) is 32.4. The highest BCUT2D eigenvalue weighted by atomic mass is 32.2. The summed E-state index contributed by atoms with van der Waals surface area (Å²) >= 11 is 5.63. The number of hydrogen-bond donors (Lipinski definition) is 3. The van der Waals surface area contributed by atoms with Gasteiger partial charge in [-0.1, -0.05) is 351 Å². The average Bonchev–Trinajstić information content (AvgIpc) is 1.51. The number of para-hydroxylation sites is 3. The normalized spacial score (nSPS) is 13.8. The fourth-order valence-electron chi connectivity index (χ4n) is 23.5. The molecule has 0 atom stereocenters. The number of anilines is 6. The summed E-state index contributed by atoms with van der Waals surface area (Å²) in [5.74, 6) is 1.77. The zero-order valence-electron chi connectivity index (χ0n) is 73.3. The van der Waals surface area contributed by atoms with Gasteiger partial charge < -0.3 is 29.5 Å². The smallest absolute Gasteiger partial charge is 0.143 e. The number of hydrogen-bond acceptors (Lipinski definition) is 9. The quantitative estimate of drug-likeness (QED) is 0.139. The van der Waals surface area contributed by atoms with Crippen molar-refractivity contribution in [3.8, 4) is 67.1 Å². The molecule has 638 valence electrons. The van der Waals surface area contributed by atoms with Gasteiger partial charge in [-0.25, -0.2) is 0 Å². The van der Waals surface area contributed by atoms with Gasteiger partial charge >= 0.3 is 0 Å². The Kier molecular flexibility index (Phi) is 17.8. The molecule has 6 heterocycles. The molecule has 0 bridgehead atoms. The maximum Gasteiger partial charge on any atom is 0.143 e. The van der Waals surface area contributed by atoms with E-state index in [1.165, 1.54) is 156 Å². The molecular formula is C127H79N3O3S3. The fourth-order valence-corrected chi connectivity index (χ4v) is 27.0. The first-order valence-corrected chi connectivity index (χ1v) is 48.8. The van der Waals surface area contributed by atoms with Crippen LogP contribution >= 0.6 is 34.9 Å². The van der Waals surface area contributed by atoms with Crippen LogP contribution in [0.1, 0.15) is 66.8 Å². The molecule has 0 radical (unpaired) electrons. The van der Waals surface area contributed by atoms with Gasteiger partial charge in [0.2, 0.25) is 0 Å². The predicted molar refractivity (Wildman–Crippen MR) is 565 cm³/mol. The Morgan fingerprint density at radius 2 is 0.618 bits per heavy atom. The van der Waals surface area contributed by atoms with Gasteiger partial charge in [0.05, 0.1) is 38.4 Å². The van der Waals surface area contributed by atoms with Crippen molar-refractivity contribution in [1.29, 1.82) is 0 Å². The number of rotatable bonds is 8. The summed E-state index contributed by atoms with van der Waals surface area (Å²) in [5, 5.41) is 20.7. The van der Waals surface area contributed by atoms with Gasteiger partial charge in [-0.3, -0.25) is 0 Å². The molecule has 3 aliphatic heterocycles. The highest BCUT2D eigenvalue weighted by Crippen LogP contribution is 2.67. The van der Waals surface area contributed by atoms with Crippen molar-refractivity contribution in [1.82, 2.24) is 0 Å². The molecule has 3 aromatic heterocycles. The summed E-state index contributed by atoms with van der Waals surface area (Å²) in [4.78, 5) is 5.27. The number of fused-ring (bicyclic) bond motifs is 38. The molecule has 0 saturated heterocycles. The van der Waals surface area contributed by atoms with E-state index >= 15 is 0 Å². The van der Waals surface area contributed by atoms with Crippen LogP contribution in [0.15, 0.2) is 489 Å². The number of furan rings is 2. The van der Waals surface area contributed by atoms with E-state index in [-0.39, 0.29) is 10.8 Å². The molecule has 3 spiro atoms. The zero-order valence-corrected chi connectivity index (χ0v) is 75.8. The van der Waals surface area contributed by atoms with Gasteiger partial charge in [0.15, 0.2) is 0 Å². The van der Waals surface area contributed by atoms with E-state index in [9.17, 15) is 0 Å². The highest BCUT2D eigenvalue weighted by Gasteiger charge is 2.54. The van der Waals surface area contributed by atoms with Gasteiger partial charge in [-0.15, -0.1) is 11.3 Å². The average molecular weight is 1790 g/mol. The van der Waals surface area contributed by atoms with E-state index in [2.05, 4.69) is 447 Å². The van der Waals surface area contributed by atoms with Crippen LogP contribution in [0.5, 0.6) is 11.5 Å². The maximum absolute atomic E-state index is 6.61. The van der Waals surface area contributed by atoms with Crippen molar-refractivity contribution in [2.24, 2.45) is 0 Å². The van der Waals surface area contributed by atoms with E-state index in [0.29, 0.717) is 0 Å². The Morgan fingerprint density at radius 3 is 1.24 bits per heavy atom. The first-order chi connectivity index (χ1) is 67.4. The molecule has 0 fully saturated rings. The summed E-state index contributed by atoms with van der Waals surface area (Å²) in [6.07, 6.45) is 0. The van der Waals surface area contributed by atoms with Crippen LogP contribution in [0.4, 0.5) is 34.1 Å². The molecule has 0 saturated carbocycles. The van der Waals surface area contributed by atoms with Crippen molar-refractivity contribution in [2.45, 2.75) is 35.8 Å². The van der Waals surface area contributed by atoms with Crippen molar-refractivity contribution < 1.29 is 13.6 Å². The standard InChI is InChI=1S/C43H27NOS.C43H27NS2.C41H25NO2/c1-4-16-33-30(13-1)31-14-2-5-17-34(31)43(33)35-18-6-8-22-40(35)46-41-24-23-28(26-36(41)43)27-11-9-12-29(25-27)44-37-19-10-21-39-42(37)32-15-3-7-20-38(32)45-39;1-5-16-32-29(13-1)30-14-2-6-17-33(30)43(32)34-18-7-10-22-39(34)46-40-25-24-27(26-35(40)43)28-12-3-8-19-36(28)44-37-20-11-23-41-42(37)31-15-4-9-21-38(31)45-41;1-2-11-27-25(10-1)20-22-30-39-35(17-9-19-38(39)44-40(27)30)42-26-21-23-37-34(24-26)41(33-16-7-8-18-36(33)43-37)31-14-5-3-12-28(31)29-13-4-6-15-32(29)41/h2*1-26,44H;1-24,42H. The largest absolute Gasteiger partial charge is 0.457 e.